The van der Waals surface area contributed by atoms with Crippen LogP contribution in [0.4, 0.5) is 0 Å². The average Bonchev–Trinajstić information content (AvgIpc) is 2.94. The summed E-state index contributed by atoms with van der Waals surface area (Å²) in [5.74, 6) is 0.671. The Morgan fingerprint density at radius 2 is 0.857 bits per heavy atom. The Balaban J connectivity index is 0.0000168. The molecule has 240 valence electrons. The molecule has 1 aromatic carbocycles. The van der Waals surface area contributed by atoms with Gasteiger partial charge in [0, 0.05) is 0 Å². The normalized spacial score (nSPS) is 11.5. The Hall–Kier alpha value is 0.733. The van der Waals surface area contributed by atoms with Gasteiger partial charge in [-0.2, -0.15) is 0 Å². The van der Waals surface area contributed by atoms with Crippen LogP contribution in [0.1, 0.15) is 192 Å². The Kier molecular flexibility index (Phi) is 30.9. The van der Waals surface area contributed by atoms with E-state index in [0.29, 0.717) is 5.75 Å². The second-order valence-corrected chi connectivity index (χ2v) is 17.1. The fourth-order valence-electron chi connectivity index (χ4n) is 5.85. The van der Waals surface area contributed by atoms with E-state index in [1.54, 1.807) is 0 Å². The first kappa shape index (κ1) is 42.7. The first-order valence-corrected chi connectivity index (χ1v) is 21.4. The van der Waals surface area contributed by atoms with Crippen LogP contribution in [0.2, 0.25) is 0 Å². The van der Waals surface area contributed by atoms with E-state index in [1.165, 1.54) is 166 Å². The summed E-state index contributed by atoms with van der Waals surface area (Å²) < 4.78 is 5.64. The average molecular weight is 690 g/mol. The molecule has 0 fully saturated rings. The van der Waals surface area contributed by atoms with E-state index in [9.17, 15) is 4.89 Å². The van der Waals surface area contributed by atoms with E-state index in [1.807, 2.05) is 0 Å². The van der Waals surface area contributed by atoms with Gasteiger partial charge >= 0.3 is 19.5 Å². The Morgan fingerprint density at radius 1 is 0.524 bits per heavy atom. The minimum absolute atomic E-state index is 0. The van der Waals surface area contributed by atoms with Crippen LogP contribution in [0.25, 0.3) is 0 Å². The summed E-state index contributed by atoms with van der Waals surface area (Å²) in [5, 5.41) is 0. The molecule has 0 bridgehead atoms. The number of unbranched alkanes of at least 4 members (excludes halogenated alkanes) is 24. The van der Waals surface area contributed by atoms with E-state index in [4.69, 9.17) is 29.0 Å². The molecule has 0 N–H and O–H groups in total. The van der Waals surface area contributed by atoms with Gasteiger partial charge in [0.05, 0.1) is 0 Å². The summed E-state index contributed by atoms with van der Waals surface area (Å²) in [6.45, 7) is 4.57. The van der Waals surface area contributed by atoms with Crippen molar-refractivity contribution in [3.63, 3.8) is 0 Å². The molecule has 0 saturated heterocycles. The van der Waals surface area contributed by atoms with Crippen molar-refractivity contribution < 1.29 is 28.9 Å². The second kappa shape index (κ2) is 30.4. The van der Waals surface area contributed by atoms with Gasteiger partial charge in [-0.05, 0) is 42.9 Å². The molecule has 1 aromatic rings. The van der Waals surface area contributed by atoms with Crippen LogP contribution >= 0.6 is 6.12 Å². The van der Waals surface area contributed by atoms with Crippen molar-refractivity contribution >= 4 is 30.6 Å². The Morgan fingerprint density at radius 3 is 1.21 bits per heavy atom. The van der Waals surface area contributed by atoms with Crippen molar-refractivity contribution in [3.05, 3.63) is 29.3 Å². The summed E-state index contributed by atoms with van der Waals surface area (Å²) in [6, 6.07) is 6.44. The smallest absolute Gasteiger partial charge is 0.682 e. The van der Waals surface area contributed by atoms with Crippen LogP contribution in [0.5, 0.6) is 5.75 Å². The Labute approximate surface area is 286 Å². The fraction of sp³-hybridized carbons (Fsp3) is 0.833. The minimum Gasteiger partial charge on any atom is -0.682 e. The number of benzene rings is 1. The molecule has 0 saturated carbocycles. The van der Waals surface area contributed by atoms with Gasteiger partial charge in [0.15, 0.2) is 5.75 Å². The predicted molar refractivity (Wildman–Crippen MR) is 188 cm³/mol. The van der Waals surface area contributed by atoms with Gasteiger partial charge in [-0.25, -0.2) is 0 Å². The van der Waals surface area contributed by atoms with E-state index in [0.717, 1.165) is 24.8 Å². The number of rotatable bonds is 30. The monoisotopic (exact) mass is 688 g/mol. The van der Waals surface area contributed by atoms with Gasteiger partial charge in [0.1, 0.15) is 0 Å². The third kappa shape index (κ3) is 27.1. The SMILES string of the molecule is CCCCCCCCCCCCCCCc1ccc(CCCCCCCCCCCCCCC)c(O[P+]([O-])([S-])[S-])c1.[Zn+2]. The van der Waals surface area contributed by atoms with Crippen LogP contribution in [0.15, 0.2) is 18.2 Å². The summed E-state index contributed by atoms with van der Waals surface area (Å²) in [5.41, 5.74) is 2.35. The third-order valence-electron chi connectivity index (χ3n) is 8.46. The van der Waals surface area contributed by atoms with Crippen molar-refractivity contribution in [2.24, 2.45) is 0 Å². The number of hydrogen-bond acceptors (Lipinski definition) is 4. The Bertz CT molecular complexity index is 714. The first-order valence-electron chi connectivity index (χ1n) is 17.8. The zero-order chi connectivity index (χ0) is 29.9. The van der Waals surface area contributed by atoms with Crippen LogP contribution in [0.3, 0.4) is 0 Å². The first-order chi connectivity index (χ1) is 20.0. The van der Waals surface area contributed by atoms with Crippen molar-refractivity contribution in [1.29, 1.82) is 0 Å². The van der Waals surface area contributed by atoms with Crippen molar-refractivity contribution in [2.75, 3.05) is 0 Å². The van der Waals surface area contributed by atoms with E-state index in [-0.39, 0.29) is 19.5 Å². The predicted octanol–water partition coefficient (Wildman–Crippen LogP) is 12.5. The maximum absolute atomic E-state index is 12.1. The molecule has 0 aliphatic carbocycles. The molecule has 0 atom stereocenters. The van der Waals surface area contributed by atoms with Crippen LogP contribution in [-0.2, 0) is 56.8 Å². The topological polar surface area (TPSA) is 32.3 Å². The van der Waals surface area contributed by atoms with Crippen molar-refractivity contribution in [1.82, 2.24) is 0 Å². The summed E-state index contributed by atoms with van der Waals surface area (Å²) in [7, 11) is 0. The standard InChI is InChI=1S/C36H67O2PS2.Zn/c1-3-5-7-9-11-13-15-17-19-21-23-25-27-29-34-31-32-35(36(33-34)38-39(37,40)41)30-28-26-24-22-20-18-16-14-12-10-8-6-4-2;/h31-33H,3-30H2,1-2H3,(H2,37,40,41);/q;+2/p-2. The molecule has 6 heteroatoms. The minimum atomic E-state index is -3.40. The molecule has 0 unspecified atom stereocenters. The van der Waals surface area contributed by atoms with E-state index >= 15 is 0 Å². The molecular weight excluding hydrogens is 625 g/mol. The molecule has 0 aromatic heterocycles. The van der Waals surface area contributed by atoms with Crippen LogP contribution < -0.4 is 9.42 Å². The quantitative estimate of drug-likeness (QED) is 0.0348. The summed E-state index contributed by atoms with van der Waals surface area (Å²) in [4.78, 5) is 12.1. The molecule has 0 radical (unpaired) electrons. The van der Waals surface area contributed by atoms with Gasteiger partial charge in [0.25, 0.3) is 0 Å². The second-order valence-electron chi connectivity index (χ2n) is 12.5. The van der Waals surface area contributed by atoms with Crippen molar-refractivity contribution in [2.45, 2.75) is 194 Å². The molecule has 0 spiro atoms. The van der Waals surface area contributed by atoms with Gasteiger partial charge in [-0.3, -0.25) is 0 Å². The molecule has 1 rings (SSSR count). The van der Waals surface area contributed by atoms with Gasteiger partial charge < -0.3 is 33.9 Å². The number of aryl methyl sites for hydroxylation is 2. The van der Waals surface area contributed by atoms with Gasteiger partial charge in [0.2, 0.25) is 0 Å². The summed E-state index contributed by atoms with van der Waals surface area (Å²) in [6.07, 6.45) is 33.9. The van der Waals surface area contributed by atoms with Gasteiger partial charge in [-0.15, -0.1) is 6.12 Å². The molecule has 0 amide bonds. The maximum Gasteiger partial charge on any atom is 2.00 e. The van der Waals surface area contributed by atoms with E-state index < -0.39 is 6.12 Å². The van der Waals surface area contributed by atoms with Crippen LogP contribution in [-0.4, -0.2) is 0 Å². The van der Waals surface area contributed by atoms with Gasteiger partial charge in [-0.1, -0.05) is 180 Å². The zero-order valence-electron chi connectivity index (χ0n) is 27.8. The molecule has 0 aliphatic heterocycles. The zero-order valence-corrected chi connectivity index (χ0v) is 33.3. The molecular formula is C36H65O2PS2Zn. The van der Waals surface area contributed by atoms with Crippen LogP contribution in [0, 0.1) is 0 Å². The number of hydrogen-bond donors (Lipinski definition) is 0. The summed E-state index contributed by atoms with van der Waals surface area (Å²) >= 11 is 9.91. The third-order valence-corrected chi connectivity index (χ3v) is 9.33. The maximum atomic E-state index is 12.1. The molecule has 2 nitrogen and oxygen atoms in total. The van der Waals surface area contributed by atoms with E-state index in [2.05, 4.69) is 32.0 Å². The molecule has 0 heterocycles. The van der Waals surface area contributed by atoms with Crippen molar-refractivity contribution in [3.8, 4) is 5.75 Å². The fourth-order valence-corrected chi connectivity index (χ4v) is 6.74. The molecule has 0 aliphatic rings. The largest absolute Gasteiger partial charge is 2.00 e. The molecule has 42 heavy (non-hydrogen) atoms.